The van der Waals surface area contributed by atoms with E-state index in [1.165, 1.54) is 36.0 Å². The van der Waals surface area contributed by atoms with Crippen LogP contribution in [-0.2, 0) is 12.8 Å². The first-order valence-corrected chi connectivity index (χ1v) is 9.47. The van der Waals surface area contributed by atoms with Gasteiger partial charge < -0.3 is 0 Å². The number of fused-ring (bicyclic) bond motifs is 3. The van der Waals surface area contributed by atoms with Crippen molar-refractivity contribution in [2.24, 2.45) is 0 Å². The molecule has 3 heteroatoms. The maximum atomic E-state index is 13.6. The predicted octanol–water partition coefficient (Wildman–Crippen LogP) is 7.07. The van der Waals surface area contributed by atoms with Crippen LogP contribution in [0.15, 0.2) is 48.5 Å². The molecule has 4 rings (SSSR count). The third kappa shape index (κ3) is 3.39. The lowest BCUT2D eigenvalue weighted by atomic mass is 9.98. The molecule has 0 nitrogen and oxygen atoms in total. The van der Waals surface area contributed by atoms with Gasteiger partial charge in [0.05, 0.1) is 0 Å². The molecule has 1 aliphatic carbocycles. The fourth-order valence-corrected chi connectivity index (χ4v) is 3.90. The highest BCUT2D eigenvalue weighted by Crippen LogP contribution is 2.39. The van der Waals surface area contributed by atoms with Crippen molar-refractivity contribution in [2.75, 3.05) is 0 Å². The van der Waals surface area contributed by atoms with E-state index in [1.54, 1.807) is 0 Å². The fraction of sp³-hybridized carbons (Fsp3) is 0.250. The average Bonchev–Trinajstić information content (AvgIpc) is 3.02. The second kappa shape index (κ2) is 7.22. The van der Waals surface area contributed by atoms with Crippen LogP contribution in [0, 0.1) is 17.5 Å². The monoisotopic (exact) mass is 366 g/mol. The van der Waals surface area contributed by atoms with Crippen LogP contribution < -0.4 is 0 Å². The largest absolute Gasteiger partial charge is 0.204 e. The minimum absolute atomic E-state index is 0.352. The van der Waals surface area contributed by atoms with E-state index in [4.69, 9.17) is 0 Å². The summed E-state index contributed by atoms with van der Waals surface area (Å²) in [6.45, 7) is 2.20. The molecule has 0 saturated heterocycles. The van der Waals surface area contributed by atoms with Gasteiger partial charge in [-0.3, -0.25) is 0 Å². The predicted molar refractivity (Wildman–Crippen MR) is 103 cm³/mol. The lowest BCUT2D eigenvalue weighted by molar-refractivity contribution is 0.448. The minimum atomic E-state index is -1.43. The molecule has 0 radical (unpaired) electrons. The van der Waals surface area contributed by atoms with Gasteiger partial charge in [-0.25, -0.2) is 13.2 Å². The third-order valence-electron chi connectivity index (χ3n) is 5.33. The van der Waals surface area contributed by atoms with E-state index in [0.29, 0.717) is 11.1 Å². The summed E-state index contributed by atoms with van der Waals surface area (Å²) in [7, 11) is 0. The summed E-state index contributed by atoms with van der Waals surface area (Å²) in [5.41, 5.74) is 7.24. The number of aryl methyl sites for hydroxylation is 1. The molecule has 0 bridgehead atoms. The molecule has 0 aromatic heterocycles. The molecule has 27 heavy (non-hydrogen) atoms. The first-order valence-electron chi connectivity index (χ1n) is 9.47. The Morgan fingerprint density at radius 2 is 1.41 bits per heavy atom. The van der Waals surface area contributed by atoms with Gasteiger partial charge in [-0.05, 0) is 70.3 Å². The molecule has 0 amide bonds. The van der Waals surface area contributed by atoms with Gasteiger partial charge >= 0.3 is 0 Å². The highest BCUT2D eigenvalue weighted by atomic mass is 19.2. The van der Waals surface area contributed by atoms with Crippen LogP contribution in [0.2, 0.25) is 0 Å². The summed E-state index contributed by atoms with van der Waals surface area (Å²) >= 11 is 0. The molecule has 0 spiro atoms. The molecule has 0 aliphatic heterocycles. The number of benzene rings is 3. The minimum Gasteiger partial charge on any atom is -0.204 e. The summed E-state index contributed by atoms with van der Waals surface area (Å²) < 4.78 is 40.4. The van der Waals surface area contributed by atoms with Gasteiger partial charge in [-0.2, -0.15) is 0 Å². The number of halogens is 3. The topological polar surface area (TPSA) is 0 Å². The van der Waals surface area contributed by atoms with Gasteiger partial charge in [0.1, 0.15) is 0 Å². The van der Waals surface area contributed by atoms with Crippen LogP contribution in [0.1, 0.15) is 42.9 Å². The molecule has 3 aromatic carbocycles. The molecule has 1 aliphatic rings. The molecule has 0 unspecified atom stereocenters. The van der Waals surface area contributed by atoms with Crippen molar-refractivity contribution in [1.82, 2.24) is 0 Å². The zero-order valence-electron chi connectivity index (χ0n) is 15.3. The van der Waals surface area contributed by atoms with Gasteiger partial charge in [0.2, 0.25) is 0 Å². The first-order chi connectivity index (χ1) is 13.1. The van der Waals surface area contributed by atoms with Gasteiger partial charge in [0.25, 0.3) is 0 Å². The van der Waals surface area contributed by atoms with E-state index in [9.17, 15) is 13.2 Å². The van der Waals surface area contributed by atoms with Crippen molar-refractivity contribution in [1.29, 1.82) is 0 Å². The lowest BCUT2D eigenvalue weighted by Crippen LogP contribution is -1.92. The normalized spacial score (nSPS) is 12.1. The lowest BCUT2D eigenvalue weighted by Gasteiger charge is -2.07. The van der Waals surface area contributed by atoms with Crippen LogP contribution in [0.3, 0.4) is 0 Å². The summed E-state index contributed by atoms with van der Waals surface area (Å²) in [5, 5.41) is 0. The van der Waals surface area contributed by atoms with E-state index in [0.717, 1.165) is 36.1 Å². The quantitative estimate of drug-likeness (QED) is 0.262. The summed E-state index contributed by atoms with van der Waals surface area (Å²) in [6, 6.07) is 14.5. The molecule has 0 N–H and O–H groups in total. The Morgan fingerprint density at radius 1 is 0.741 bits per heavy atom. The molecule has 138 valence electrons. The summed E-state index contributed by atoms with van der Waals surface area (Å²) in [6.07, 6.45) is 5.56. The Balaban J connectivity index is 1.64. The zero-order chi connectivity index (χ0) is 19.0. The SMILES string of the molecule is CCCCCc1ccc2c(c1)Cc1cc(-c3cc(F)c(F)c(F)c3)ccc1-2. The van der Waals surface area contributed by atoms with Crippen LogP contribution >= 0.6 is 0 Å². The van der Waals surface area contributed by atoms with Gasteiger partial charge in [-0.1, -0.05) is 56.2 Å². The summed E-state index contributed by atoms with van der Waals surface area (Å²) in [4.78, 5) is 0. The number of unbranched alkanes of at least 4 members (excludes halogenated alkanes) is 2. The Morgan fingerprint density at radius 3 is 2.11 bits per heavy atom. The Hall–Kier alpha value is -2.55. The van der Waals surface area contributed by atoms with Gasteiger partial charge in [-0.15, -0.1) is 0 Å². The highest BCUT2D eigenvalue weighted by Gasteiger charge is 2.20. The molecule has 0 saturated carbocycles. The molecule has 0 atom stereocenters. The van der Waals surface area contributed by atoms with Crippen LogP contribution in [-0.4, -0.2) is 0 Å². The molecular formula is C24H21F3. The van der Waals surface area contributed by atoms with Crippen molar-refractivity contribution in [3.63, 3.8) is 0 Å². The van der Waals surface area contributed by atoms with Crippen LogP contribution in [0.25, 0.3) is 22.3 Å². The number of hydrogen-bond acceptors (Lipinski definition) is 0. The van der Waals surface area contributed by atoms with E-state index < -0.39 is 17.5 Å². The van der Waals surface area contributed by atoms with Crippen molar-refractivity contribution in [2.45, 2.75) is 39.0 Å². The van der Waals surface area contributed by atoms with Crippen LogP contribution in [0.4, 0.5) is 13.2 Å². The van der Waals surface area contributed by atoms with Gasteiger partial charge in [0.15, 0.2) is 17.5 Å². The van der Waals surface area contributed by atoms with Crippen molar-refractivity contribution >= 4 is 0 Å². The number of rotatable bonds is 5. The van der Waals surface area contributed by atoms with E-state index in [-0.39, 0.29) is 0 Å². The second-order valence-electron chi connectivity index (χ2n) is 7.25. The molecule has 3 aromatic rings. The molecule has 0 heterocycles. The van der Waals surface area contributed by atoms with Crippen molar-refractivity contribution in [3.05, 3.63) is 82.7 Å². The van der Waals surface area contributed by atoms with Crippen LogP contribution in [0.5, 0.6) is 0 Å². The standard InChI is InChI=1S/C24H21F3/c1-2-3-4-5-15-6-8-20-18(10-15)12-19-11-16(7-9-21(19)20)17-13-22(25)24(27)23(26)14-17/h6-11,13-14H,2-5,12H2,1H3. The first kappa shape index (κ1) is 17.8. The Labute approximate surface area is 157 Å². The van der Waals surface area contributed by atoms with Gasteiger partial charge in [0, 0.05) is 0 Å². The smallest absolute Gasteiger partial charge is 0.194 e. The maximum Gasteiger partial charge on any atom is 0.194 e. The fourth-order valence-electron chi connectivity index (χ4n) is 3.90. The average molecular weight is 366 g/mol. The number of hydrogen-bond donors (Lipinski definition) is 0. The molecular weight excluding hydrogens is 345 g/mol. The Bertz CT molecular complexity index is 981. The summed E-state index contributed by atoms with van der Waals surface area (Å²) in [5.74, 6) is -3.75. The van der Waals surface area contributed by atoms with E-state index in [2.05, 4.69) is 25.1 Å². The zero-order valence-corrected chi connectivity index (χ0v) is 15.3. The molecule has 0 fully saturated rings. The Kier molecular flexibility index (Phi) is 4.77. The maximum absolute atomic E-state index is 13.6. The van der Waals surface area contributed by atoms with E-state index >= 15 is 0 Å². The van der Waals surface area contributed by atoms with E-state index in [1.807, 2.05) is 18.2 Å². The highest BCUT2D eigenvalue weighted by molar-refractivity contribution is 5.80. The second-order valence-corrected chi connectivity index (χ2v) is 7.25. The van der Waals surface area contributed by atoms with Crippen molar-refractivity contribution in [3.8, 4) is 22.3 Å². The third-order valence-corrected chi connectivity index (χ3v) is 5.33. The van der Waals surface area contributed by atoms with Crippen molar-refractivity contribution < 1.29 is 13.2 Å².